The van der Waals surface area contributed by atoms with E-state index in [4.69, 9.17) is 4.74 Å². The third-order valence-corrected chi connectivity index (χ3v) is 8.23. The van der Waals surface area contributed by atoms with E-state index in [1.165, 1.54) is 10.8 Å². The van der Waals surface area contributed by atoms with E-state index in [-0.39, 0.29) is 34.7 Å². The summed E-state index contributed by atoms with van der Waals surface area (Å²) in [5.74, 6) is -0.753. The van der Waals surface area contributed by atoms with Gasteiger partial charge in [0, 0.05) is 56.8 Å². The lowest BCUT2D eigenvalue weighted by Gasteiger charge is -2.32. The molecule has 0 spiro atoms. The number of sulfonamides is 1. The number of thiazole rings is 1. The number of ether oxygens (including phenoxy) is 1. The number of rotatable bonds is 10. The fourth-order valence-electron chi connectivity index (χ4n) is 3.71. The van der Waals surface area contributed by atoms with Crippen LogP contribution in [0.5, 0.6) is 0 Å². The summed E-state index contributed by atoms with van der Waals surface area (Å²) in [6, 6.07) is 8.49. The maximum Gasteiger partial charge on any atom is 0.351 e. The van der Waals surface area contributed by atoms with Crippen molar-refractivity contribution in [2.45, 2.75) is 20.4 Å². The van der Waals surface area contributed by atoms with Gasteiger partial charge in [-0.2, -0.15) is 5.26 Å². The number of aromatic nitrogens is 1. The summed E-state index contributed by atoms with van der Waals surface area (Å²) in [5.41, 5.74) is 0.525. The highest BCUT2D eigenvalue weighted by atomic mass is 32.2. The van der Waals surface area contributed by atoms with Crippen molar-refractivity contribution >= 4 is 50.5 Å². The first-order valence-corrected chi connectivity index (χ1v) is 14.4. The molecule has 13 heteroatoms. The van der Waals surface area contributed by atoms with Gasteiger partial charge in [0.15, 0.2) is 5.57 Å². The largest absolute Gasteiger partial charge is 0.462 e. The highest BCUT2D eigenvalue weighted by Gasteiger charge is 2.18. The van der Waals surface area contributed by atoms with Crippen LogP contribution in [-0.4, -0.2) is 80.9 Å². The third kappa shape index (κ3) is 7.65. The molecule has 1 aromatic heterocycles. The summed E-state index contributed by atoms with van der Waals surface area (Å²) < 4.78 is 34.5. The van der Waals surface area contributed by atoms with Crippen LogP contribution in [0.25, 0.3) is 11.8 Å². The van der Waals surface area contributed by atoms with Crippen LogP contribution in [-0.2, 0) is 26.1 Å². The van der Waals surface area contributed by atoms with Gasteiger partial charge < -0.3 is 15.0 Å². The number of hydrogen-bond donors (Lipinski definition) is 2. The molecule has 2 N–H and O–H groups in total. The molecule has 1 saturated heterocycles. The van der Waals surface area contributed by atoms with Crippen LogP contribution in [0.2, 0.25) is 0 Å². The topological polar surface area (TPSA) is 137 Å². The number of piperazine rings is 1. The third-order valence-electron chi connectivity index (χ3n) is 5.83. The second kappa shape index (κ2) is 12.9. The van der Waals surface area contributed by atoms with Crippen molar-refractivity contribution in [3.63, 3.8) is 0 Å². The van der Waals surface area contributed by atoms with E-state index < -0.39 is 16.0 Å². The molecule has 0 atom stereocenters. The Morgan fingerprint density at radius 1 is 1.16 bits per heavy atom. The van der Waals surface area contributed by atoms with Gasteiger partial charge in [0.25, 0.3) is 5.56 Å². The molecule has 11 nitrogen and oxygen atoms in total. The van der Waals surface area contributed by atoms with E-state index in [1.807, 2.05) is 6.07 Å². The van der Waals surface area contributed by atoms with Gasteiger partial charge in [-0.05, 0) is 45.2 Å². The summed E-state index contributed by atoms with van der Waals surface area (Å²) in [6.45, 7) is 7.86. The maximum absolute atomic E-state index is 12.8. The molecule has 0 bridgehead atoms. The molecule has 0 radical (unpaired) electrons. The molecule has 0 saturated carbocycles. The number of likely N-dealkylation sites (N-methyl/N-ethyl adjacent to an activating group) is 1. The number of benzene rings is 1. The first-order valence-electron chi connectivity index (χ1n) is 12.0. The number of anilines is 2. The molecule has 0 aliphatic carbocycles. The average molecular weight is 549 g/mol. The van der Waals surface area contributed by atoms with Gasteiger partial charge in [0.2, 0.25) is 10.0 Å². The molecule has 3 rings (SSSR count). The normalized spacial score (nSPS) is 16.2. The van der Waals surface area contributed by atoms with E-state index in [0.29, 0.717) is 22.5 Å². The molecule has 0 amide bonds. The summed E-state index contributed by atoms with van der Waals surface area (Å²) in [7, 11) is -1.44. The second-order valence-corrected chi connectivity index (χ2v) is 11.3. The Morgan fingerprint density at radius 2 is 1.81 bits per heavy atom. The Morgan fingerprint density at radius 3 is 2.41 bits per heavy atom. The van der Waals surface area contributed by atoms with Crippen LogP contribution in [0.4, 0.5) is 11.4 Å². The molecule has 2 heterocycles. The Hall–Kier alpha value is -3.18. The number of nitrogens with zero attached hydrogens (tertiary/aromatic N) is 4. The Balaban J connectivity index is 1.70. The number of nitriles is 1. The number of nitrogens with one attached hydrogen (secondary N) is 2. The lowest BCUT2D eigenvalue weighted by Crippen LogP contribution is -2.46. The van der Waals surface area contributed by atoms with Crippen molar-refractivity contribution in [3.05, 3.63) is 43.8 Å². The number of esters is 1. The zero-order valence-corrected chi connectivity index (χ0v) is 22.8. The Labute approximate surface area is 220 Å². The molecule has 37 heavy (non-hydrogen) atoms. The van der Waals surface area contributed by atoms with E-state index in [2.05, 4.69) is 26.9 Å². The first-order chi connectivity index (χ1) is 17.7. The minimum absolute atomic E-state index is 0.0163. The van der Waals surface area contributed by atoms with Crippen LogP contribution < -0.4 is 24.8 Å². The van der Waals surface area contributed by atoms with E-state index >= 15 is 0 Å². The quantitative estimate of drug-likeness (QED) is 0.393. The zero-order chi connectivity index (χ0) is 27.0. The average Bonchev–Trinajstić information content (AvgIpc) is 3.18. The van der Waals surface area contributed by atoms with Crippen molar-refractivity contribution < 1.29 is 17.9 Å². The highest BCUT2D eigenvalue weighted by molar-refractivity contribution is 7.92. The molecule has 1 aliphatic rings. The SMILES string of the molecule is CCOC(=O)C(C#N)=c1sc(=CNc2ccc(NS(=O)(=O)CCN3CCN(C)CC3)cc2)c(=O)n1CC. The predicted molar refractivity (Wildman–Crippen MR) is 145 cm³/mol. The lowest BCUT2D eigenvalue weighted by atomic mass is 10.3. The standard InChI is InChI=1S/C24H32N6O5S2/c1-4-30-22(31)21(36-23(30)20(16-25)24(32)35-5-2)17-26-18-6-8-19(9-7-18)27-37(33,34)15-14-29-12-10-28(3)11-13-29/h6-9,17,26-27H,4-5,10-15H2,1-3H3. The molecular formula is C24H32N6O5S2. The summed E-state index contributed by atoms with van der Waals surface area (Å²) in [6.07, 6.45) is 1.50. The van der Waals surface area contributed by atoms with Gasteiger partial charge >= 0.3 is 5.97 Å². The monoisotopic (exact) mass is 548 g/mol. The Bertz CT molecular complexity index is 1420. The maximum atomic E-state index is 12.8. The molecule has 0 unspecified atom stereocenters. The van der Waals surface area contributed by atoms with Gasteiger partial charge in [0.1, 0.15) is 15.3 Å². The van der Waals surface area contributed by atoms with Gasteiger partial charge in [-0.15, -0.1) is 11.3 Å². The van der Waals surface area contributed by atoms with E-state index in [1.54, 1.807) is 38.1 Å². The van der Waals surface area contributed by atoms with E-state index in [0.717, 1.165) is 37.5 Å². The fourth-order valence-corrected chi connectivity index (χ4v) is 5.88. The van der Waals surface area contributed by atoms with Crippen molar-refractivity contribution in [3.8, 4) is 6.07 Å². The minimum atomic E-state index is -3.49. The molecule has 1 fully saturated rings. The van der Waals surface area contributed by atoms with Crippen molar-refractivity contribution in [1.29, 1.82) is 5.26 Å². The summed E-state index contributed by atoms with van der Waals surface area (Å²) >= 11 is 1.02. The van der Waals surface area contributed by atoms with Crippen molar-refractivity contribution in [1.82, 2.24) is 14.4 Å². The smallest absolute Gasteiger partial charge is 0.351 e. The summed E-state index contributed by atoms with van der Waals surface area (Å²) in [5, 5.41) is 12.5. The van der Waals surface area contributed by atoms with Gasteiger partial charge in [-0.25, -0.2) is 13.2 Å². The number of carbonyl (C=O) groups excluding carboxylic acids is 1. The molecule has 1 aromatic carbocycles. The van der Waals surface area contributed by atoms with Gasteiger partial charge in [0.05, 0.1) is 12.4 Å². The molecule has 2 aromatic rings. The number of hydrogen-bond acceptors (Lipinski definition) is 10. The van der Waals surface area contributed by atoms with Crippen molar-refractivity contribution in [2.75, 3.05) is 62.2 Å². The first kappa shape index (κ1) is 28.4. The predicted octanol–water partition coefficient (Wildman–Crippen LogP) is 0.00628. The van der Waals surface area contributed by atoms with Crippen LogP contribution in [0, 0.1) is 11.3 Å². The Kier molecular flexibility index (Phi) is 9.87. The summed E-state index contributed by atoms with van der Waals surface area (Å²) in [4.78, 5) is 29.3. The van der Waals surface area contributed by atoms with Gasteiger partial charge in [-0.3, -0.25) is 19.0 Å². The second-order valence-electron chi connectivity index (χ2n) is 8.46. The minimum Gasteiger partial charge on any atom is -0.462 e. The molecule has 200 valence electrons. The van der Waals surface area contributed by atoms with Crippen LogP contribution >= 0.6 is 11.3 Å². The molecular weight excluding hydrogens is 516 g/mol. The highest BCUT2D eigenvalue weighted by Crippen LogP contribution is 2.15. The van der Waals surface area contributed by atoms with Crippen LogP contribution in [0.1, 0.15) is 13.8 Å². The lowest BCUT2D eigenvalue weighted by molar-refractivity contribution is -0.136. The number of carbonyl (C=O) groups is 1. The zero-order valence-electron chi connectivity index (χ0n) is 21.2. The fraction of sp³-hybridized carbons (Fsp3) is 0.458. The molecule has 1 aliphatic heterocycles. The van der Waals surface area contributed by atoms with Crippen molar-refractivity contribution in [2.24, 2.45) is 0 Å². The van der Waals surface area contributed by atoms with Gasteiger partial charge in [-0.1, -0.05) is 0 Å². The van der Waals surface area contributed by atoms with E-state index in [9.17, 15) is 23.3 Å². The van der Waals surface area contributed by atoms with Crippen LogP contribution in [0.15, 0.2) is 29.1 Å². The van der Waals surface area contributed by atoms with Crippen LogP contribution in [0.3, 0.4) is 0 Å².